The summed E-state index contributed by atoms with van der Waals surface area (Å²) in [6.07, 6.45) is 0. The van der Waals surface area contributed by atoms with Crippen LogP contribution in [0.15, 0.2) is 0 Å². The number of hydrogen-bond donors (Lipinski definition) is 0. The SMILES string of the molecule is [Fe+2].[In+3].[OH-].[OH-].[OH-].[OH-].[OH-]. The second-order valence-corrected chi connectivity index (χ2v) is 0. The van der Waals surface area contributed by atoms with Gasteiger partial charge in [0.15, 0.2) is 0 Å². The zero-order valence-electron chi connectivity index (χ0n) is 3.17. The molecule has 0 rings (SSSR count). The van der Waals surface area contributed by atoms with E-state index in [9.17, 15) is 0 Å². The minimum atomic E-state index is 0. The van der Waals surface area contributed by atoms with Crippen LogP contribution in [0.25, 0.3) is 0 Å². The van der Waals surface area contributed by atoms with Gasteiger partial charge >= 0.3 is 42.9 Å². The van der Waals surface area contributed by atoms with Crippen molar-refractivity contribution in [1.29, 1.82) is 0 Å². The fourth-order valence-corrected chi connectivity index (χ4v) is 0. The van der Waals surface area contributed by atoms with E-state index in [0.29, 0.717) is 0 Å². The van der Waals surface area contributed by atoms with Gasteiger partial charge in [-0.2, -0.15) is 0 Å². The van der Waals surface area contributed by atoms with Crippen molar-refractivity contribution in [1.82, 2.24) is 0 Å². The minimum Gasteiger partial charge on any atom is -0.870 e. The standard InChI is InChI=1S/Fe.In.5H2O/h;;5*1H2/q+2;+3;;;;;/p-5. The molecular weight excluding hydrogens is 251 g/mol. The summed E-state index contributed by atoms with van der Waals surface area (Å²) in [5.74, 6) is 0. The molecule has 0 radical (unpaired) electrons. The first-order valence-electron chi connectivity index (χ1n) is 0. The first-order chi connectivity index (χ1) is 0. The molecule has 5 nitrogen and oxygen atoms in total. The van der Waals surface area contributed by atoms with Gasteiger partial charge in [-0.1, -0.05) is 0 Å². The maximum atomic E-state index is 0. The fraction of sp³-hybridized carbons (Fsp3) is 0. The summed E-state index contributed by atoms with van der Waals surface area (Å²) in [5, 5.41) is 0. The molecule has 0 aliphatic carbocycles. The Morgan fingerprint density at radius 3 is 0.429 bits per heavy atom. The fourth-order valence-electron chi connectivity index (χ4n) is 0. The van der Waals surface area contributed by atoms with Crippen LogP contribution in [-0.2, 0) is 17.1 Å². The Morgan fingerprint density at radius 2 is 0.429 bits per heavy atom. The van der Waals surface area contributed by atoms with Crippen LogP contribution in [0.5, 0.6) is 0 Å². The molecule has 0 fully saturated rings. The van der Waals surface area contributed by atoms with Crippen molar-refractivity contribution in [3.05, 3.63) is 0 Å². The van der Waals surface area contributed by atoms with Crippen molar-refractivity contribution >= 4 is 25.8 Å². The van der Waals surface area contributed by atoms with Crippen molar-refractivity contribution in [3.63, 3.8) is 0 Å². The Hall–Kier alpha value is 1.19. The van der Waals surface area contributed by atoms with Gasteiger partial charge < -0.3 is 27.4 Å². The van der Waals surface area contributed by atoms with Gasteiger partial charge in [0.2, 0.25) is 0 Å². The summed E-state index contributed by atoms with van der Waals surface area (Å²) < 4.78 is 0. The molecule has 46 valence electrons. The van der Waals surface area contributed by atoms with Crippen molar-refractivity contribution in [3.8, 4) is 0 Å². The average molecular weight is 256 g/mol. The van der Waals surface area contributed by atoms with E-state index in [4.69, 9.17) is 0 Å². The van der Waals surface area contributed by atoms with Gasteiger partial charge in [0, 0.05) is 0 Å². The smallest absolute Gasteiger partial charge is 0.870 e. The van der Waals surface area contributed by atoms with Gasteiger partial charge in [-0.3, -0.25) is 0 Å². The van der Waals surface area contributed by atoms with Crippen LogP contribution >= 0.6 is 0 Å². The number of rotatable bonds is 0. The molecule has 0 aromatic heterocycles. The monoisotopic (exact) mass is 256 g/mol. The molecule has 0 heterocycles. The predicted octanol–water partition coefficient (Wildman–Crippen LogP) is -1.27. The minimum absolute atomic E-state index is 0. The summed E-state index contributed by atoms with van der Waals surface area (Å²) in [6, 6.07) is 0. The van der Waals surface area contributed by atoms with Crippen molar-refractivity contribution in [2.45, 2.75) is 0 Å². The molecule has 0 spiro atoms. The summed E-state index contributed by atoms with van der Waals surface area (Å²) in [5.41, 5.74) is 0. The van der Waals surface area contributed by atoms with E-state index in [2.05, 4.69) is 0 Å². The molecule has 0 atom stereocenters. The largest absolute Gasteiger partial charge is 3.00 e. The van der Waals surface area contributed by atoms with Crippen molar-refractivity contribution in [2.24, 2.45) is 0 Å². The van der Waals surface area contributed by atoms with Crippen LogP contribution in [0, 0.1) is 0 Å². The molecule has 0 saturated carbocycles. The summed E-state index contributed by atoms with van der Waals surface area (Å²) in [7, 11) is 0. The van der Waals surface area contributed by atoms with Gasteiger partial charge in [-0.15, -0.1) is 0 Å². The summed E-state index contributed by atoms with van der Waals surface area (Å²) >= 11 is 0. The maximum absolute atomic E-state index is 0. The van der Waals surface area contributed by atoms with E-state index in [1.165, 1.54) is 0 Å². The topological polar surface area (TPSA) is 150 Å². The van der Waals surface area contributed by atoms with Gasteiger partial charge in [0.1, 0.15) is 0 Å². The van der Waals surface area contributed by atoms with Gasteiger partial charge in [0.05, 0.1) is 0 Å². The van der Waals surface area contributed by atoms with Crippen molar-refractivity contribution in [2.75, 3.05) is 0 Å². The molecule has 0 unspecified atom stereocenters. The van der Waals surface area contributed by atoms with Gasteiger partial charge in [0.25, 0.3) is 0 Å². The third kappa shape index (κ3) is 137. The Morgan fingerprint density at radius 1 is 0.429 bits per heavy atom. The van der Waals surface area contributed by atoms with E-state index >= 15 is 0 Å². The Labute approximate surface area is 70.3 Å². The second-order valence-electron chi connectivity index (χ2n) is 0. The summed E-state index contributed by atoms with van der Waals surface area (Å²) in [6.45, 7) is 0. The molecule has 0 bridgehead atoms. The average Bonchev–Trinajstić information content (AvgIpc) is 0. The van der Waals surface area contributed by atoms with Crippen LogP contribution in [0.1, 0.15) is 0 Å². The first kappa shape index (κ1) is 299. The van der Waals surface area contributed by atoms with Gasteiger partial charge in [-0.05, 0) is 0 Å². The molecule has 0 aromatic carbocycles. The molecule has 0 aromatic rings. The molecule has 0 saturated heterocycles. The first-order valence-corrected chi connectivity index (χ1v) is 0. The van der Waals surface area contributed by atoms with E-state index in [1.807, 2.05) is 0 Å². The third-order valence-corrected chi connectivity index (χ3v) is 0. The molecular formula is H5FeInO5. The van der Waals surface area contributed by atoms with E-state index in [1.54, 1.807) is 0 Å². The molecule has 0 amide bonds. The van der Waals surface area contributed by atoms with Crippen LogP contribution in [0.3, 0.4) is 0 Å². The Bertz CT molecular complexity index is 8.04. The Balaban J connectivity index is 0. The molecule has 0 aliphatic heterocycles. The molecule has 5 N–H and O–H groups in total. The quantitative estimate of drug-likeness (QED) is 0.495. The Kier molecular flexibility index (Phi) is 8320. The number of hydrogen-bond acceptors (Lipinski definition) is 5. The van der Waals surface area contributed by atoms with Gasteiger partial charge in [-0.25, -0.2) is 0 Å². The zero-order valence-corrected chi connectivity index (χ0v) is 7.57. The van der Waals surface area contributed by atoms with E-state index < -0.39 is 0 Å². The zero-order chi connectivity index (χ0) is 0. The van der Waals surface area contributed by atoms with Crippen molar-refractivity contribution < 1.29 is 44.4 Å². The second kappa shape index (κ2) is 195. The van der Waals surface area contributed by atoms with Crippen LogP contribution in [0.2, 0.25) is 0 Å². The van der Waals surface area contributed by atoms with Crippen LogP contribution < -0.4 is 0 Å². The molecule has 7 heavy (non-hydrogen) atoms. The molecule has 7 heteroatoms. The van der Waals surface area contributed by atoms with E-state index in [-0.39, 0.29) is 70.3 Å². The third-order valence-electron chi connectivity index (χ3n) is 0. The van der Waals surface area contributed by atoms with Crippen LogP contribution in [0.4, 0.5) is 0 Å². The predicted molar refractivity (Wildman–Crippen MR) is 15.4 cm³/mol. The molecule has 0 aliphatic rings. The van der Waals surface area contributed by atoms with Crippen LogP contribution in [-0.4, -0.2) is 53.2 Å². The summed E-state index contributed by atoms with van der Waals surface area (Å²) in [4.78, 5) is 0. The normalized spacial score (nSPS) is 0. The maximum Gasteiger partial charge on any atom is 3.00 e. The van der Waals surface area contributed by atoms with E-state index in [0.717, 1.165) is 0 Å².